The maximum absolute atomic E-state index is 5.37. The molecule has 0 heterocycles. The second-order valence-electron chi connectivity index (χ2n) is 1.44. The van der Waals surface area contributed by atoms with Crippen molar-refractivity contribution in [1.29, 1.82) is 0 Å². The summed E-state index contributed by atoms with van der Waals surface area (Å²) in [7, 11) is 0.821. The molecule has 0 aromatic rings. The fourth-order valence-corrected chi connectivity index (χ4v) is 0. The molecule has 43 valence electrons. The quantitative estimate of drug-likeness (QED) is 0.386. The molecule has 0 spiro atoms. The molecule has 1 radical (unpaired) electrons. The molecule has 0 saturated carbocycles. The van der Waals surface area contributed by atoms with Crippen LogP contribution in [-0.4, -0.2) is 14.0 Å². The van der Waals surface area contributed by atoms with Crippen LogP contribution in [0, 0.1) is 6.92 Å². The molecular weight excluding hydrogens is 170 g/mol. The normalized spacial score (nSPS) is 17.1. The lowest BCUT2D eigenvalue weighted by molar-refractivity contribution is 1.06. The Bertz CT molecular complexity index is 55.7. The molecular formula is C3H6Cl3Si. The Labute approximate surface area is 61.5 Å². The van der Waals surface area contributed by atoms with E-state index in [9.17, 15) is 0 Å². The summed E-state index contributed by atoms with van der Waals surface area (Å²) in [6, 6.07) is 0. The number of hydrogen-bond acceptors (Lipinski definition) is 0. The summed E-state index contributed by atoms with van der Waals surface area (Å²) in [5.74, 6) is 0. The molecule has 0 amide bonds. The predicted octanol–water partition coefficient (Wildman–Crippen LogP) is 1.34. The molecule has 0 aromatic carbocycles. The molecule has 1 atom stereocenters. The highest BCUT2D eigenvalue weighted by molar-refractivity contribution is 6.69. The third kappa shape index (κ3) is 3.65. The Morgan fingerprint density at radius 1 is 1.43 bits per heavy atom. The summed E-state index contributed by atoms with van der Waals surface area (Å²) in [5, 5.41) is 0. The minimum atomic E-state index is -1.13. The maximum atomic E-state index is 5.37. The summed E-state index contributed by atoms with van der Waals surface area (Å²) < 4.78 is -1.13. The third-order valence-electron chi connectivity index (χ3n) is 0.559. The minimum absolute atomic E-state index is 0.0162. The number of rotatable bonds is 0. The summed E-state index contributed by atoms with van der Waals surface area (Å²) >= 11 is 16.1. The van der Waals surface area contributed by atoms with Crippen molar-refractivity contribution in [3.8, 4) is 0 Å². The van der Waals surface area contributed by atoms with Crippen molar-refractivity contribution in [1.82, 2.24) is 0 Å². The van der Waals surface area contributed by atoms with Gasteiger partial charge in [-0.25, -0.2) is 0 Å². The average molecular weight is 177 g/mol. The first-order valence-corrected chi connectivity index (χ1v) is 4.13. The first-order chi connectivity index (χ1) is 2.94. The van der Waals surface area contributed by atoms with E-state index in [1.165, 1.54) is 0 Å². The molecule has 0 aliphatic rings. The Morgan fingerprint density at radius 3 is 1.57 bits per heavy atom. The molecule has 0 bridgehead atoms. The lowest BCUT2D eigenvalue weighted by Gasteiger charge is -2.13. The molecule has 0 N–H and O–H groups in total. The molecule has 7 heavy (non-hydrogen) atoms. The topological polar surface area (TPSA) is 0 Å². The van der Waals surface area contributed by atoms with E-state index in [4.69, 9.17) is 34.8 Å². The largest absolute Gasteiger partial charge is 0.190 e. The van der Waals surface area contributed by atoms with E-state index in [0.717, 1.165) is 10.2 Å². The van der Waals surface area contributed by atoms with E-state index in [1.54, 1.807) is 0 Å². The smallest absolute Gasteiger partial charge is 0.0837 e. The van der Waals surface area contributed by atoms with Crippen LogP contribution in [0.5, 0.6) is 0 Å². The lowest BCUT2D eigenvalue weighted by Crippen LogP contribution is -2.08. The molecule has 0 aromatic heterocycles. The third-order valence-corrected chi connectivity index (χ3v) is 3.64. The van der Waals surface area contributed by atoms with Crippen molar-refractivity contribution >= 4 is 45.0 Å². The van der Waals surface area contributed by atoms with Gasteiger partial charge in [-0.3, -0.25) is 0 Å². The zero-order chi connectivity index (χ0) is 6.08. The fourth-order valence-electron chi connectivity index (χ4n) is 0. The van der Waals surface area contributed by atoms with E-state index in [0.29, 0.717) is 0 Å². The Hall–Kier alpha value is 1.09. The number of alkyl halides is 3. The SMILES string of the molecule is [CH2]C([SiH3])C(Cl)(Cl)Cl. The van der Waals surface area contributed by atoms with Crippen LogP contribution in [0.25, 0.3) is 0 Å². The maximum Gasteiger partial charge on any atom is 0.190 e. The van der Waals surface area contributed by atoms with Crippen LogP contribution >= 0.6 is 34.8 Å². The first kappa shape index (κ1) is 8.09. The first-order valence-electron chi connectivity index (χ1n) is 1.84. The molecule has 1 unspecified atom stereocenters. The van der Waals surface area contributed by atoms with Crippen molar-refractivity contribution in [2.24, 2.45) is 0 Å². The van der Waals surface area contributed by atoms with E-state index in [-0.39, 0.29) is 5.54 Å². The highest BCUT2D eigenvalue weighted by atomic mass is 35.6. The van der Waals surface area contributed by atoms with E-state index >= 15 is 0 Å². The Morgan fingerprint density at radius 2 is 1.57 bits per heavy atom. The van der Waals surface area contributed by atoms with Crippen LogP contribution in [0.3, 0.4) is 0 Å². The van der Waals surface area contributed by atoms with Crippen LogP contribution in [-0.2, 0) is 0 Å². The summed E-state index contributed by atoms with van der Waals surface area (Å²) in [4.78, 5) is 0. The van der Waals surface area contributed by atoms with Crippen LogP contribution in [0.2, 0.25) is 5.54 Å². The molecule has 0 fully saturated rings. The molecule has 0 aliphatic heterocycles. The van der Waals surface area contributed by atoms with Gasteiger partial charge in [0.05, 0.1) is 0 Å². The standard InChI is InChI=1S/C3H6Cl3Si/c1-2(7)3(4,5)6/h2H,1H2,7H3. The zero-order valence-electron chi connectivity index (χ0n) is 3.92. The van der Waals surface area contributed by atoms with E-state index in [1.807, 2.05) is 0 Å². The van der Waals surface area contributed by atoms with E-state index in [2.05, 4.69) is 6.92 Å². The van der Waals surface area contributed by atoms with Gasteiger partial charge in [0.25, 0.3) is 0 Å². The number of hydrogen-bond donors (Lipinski definition) is 0. The van der Waals surface area contributed by atoms with Gasteiger partial charge in [-0.15, -0.1) is 0 Å². The fraction of sp³-hybridized carbons (Fsp3) is 0.667. The van der Waals surface area contributed by atoms with Gasteiger partial charge in [-0.05, 0) is 12.5 Å². The van der Waals surface area contributed by atoms with Crippen molar-refractivity contribution in [3.05, 3.63) is 6.92 Å². The highest BCUT2D eigenvalue weighted by Crippen LogP contribution is 2.35. The van der Waals surface area contributed by atoms with Gasteiger partial charge >= 0.3 is 0 Å². The summed E-state index contributed by atoms with van der Waals surface area (Å²) in [6.07, 6.45) is 0. The molecule has 4 heteroatoms. The van der Waals surface area contributed by atoms with Crippen LogP contribution in [0.4, 0.5) is 0 Å². The predicted molar refractivity (Wildman–Crippen MR) is 39.3 cm³/mol. The molecule has 0 rings (SSSR count). The van der Waals surface area contributed by atoms with Gasteiger partial charge in [-0.2, -0.15) is 0 Å². The van der Waals surface area contributed by atoms with Crippen LogP contribution in [0.15, 0.2) is 0 Å². The average Bonchev–Trinajstić information content (AvgIpc) is 1.31. The van der Waals surface area contributed by atoms with Crippen LogP contribution < -0.4 is 0 Å². The van der Waals surface area contributed by atoms with Gasteiger partial charge < -0.3 is 0 Å². The number of halogens is 3. The molecule has 0 nitrogen and oxygen atoms in total. The highest BCUT2D eigenvalue weighted by Gasteiger charge is 2.23. The molecule has 0 aliphatic carbocycles. The minimum Gasteiger partial charge on any atom is -0.0837 e. The summed E-state index contributed by atoms with van der Waals surface area (Å²) in [6.45, 7) is 3.58. The van der Waals surface area contributed by atoms with Crippen LogP contribution in [0.1, 0.15) is 0 Å². The summed E-state index contributed by atoms with van der Waals surface area (Å²) in [5.41, 5.74) is -0.0162. The van der Waals surface area contributed by atoms with Crippen molar-refractivity contribution in [3.63, 3.8) is 0 Å². The lowest BCUT2D eigenvalue weighted by atomic mass is 10.5. The van der Waals surface area contributed by atoms with Gasteiger partial charge in [0.15, 0.2) is 3.79 Å². The van der Waals surface area contributed by atoms with Gasteiger partial charge in [0.1, 0.15) is 0 Å². The molecule has 0 saturated heterocycles. The zero-order valence-corrected chi connectivity index (χ0v) is 8.19. The van der Waals surface area contributed by atoms with Gasteiger partial charge in [-0.1, -0.05) is 34.8 Å². The van der Waals surface area contributed by atoms with Gasteiger partial charge in [0, 0.05) is 10.2 Å². The Kier molecular flexibility index (Phi) is 2.98. The van der Waals surface area contributed by atoms with Crippen molar-refractivity contribution in [2.45, 2.75) is 9.33 Å². The van der Waals surface area contributed by atoms with Crippen molar-refractivity contribution in [2.75, 3.05) is 0 Å². The second-order valence-corrected chi connectivity index (χ2v) is 5.21. The van der Waals surface area contributed by atoms with E-state index < -0.39 is 3.79 Å². The van der Waals surface area contributed by atoms with Gasteiger partial charge in [0.2, 0.25) is 0 Å². The monoisotopic (exact) mass is 175 g/mol. The van der Waals surface area contributed by atoms with Crippen molar-refractivity contribution < 1.29 is 0 Å². The Balaban J connectivity index is 3.54. The second kappa shape index (κ2) is 2.58.